The second-order valence-corrected chi connectivity index (χ2v) is 5.00. The van der Waals surface area contributed by atoms with E-state index >= 15 is 0 Å². The fourth-order valence-electron chi connectivity index (χ4n) is 2.22. The number of hydrogen-bond donors (Lipinski definition) is 1. The summed E-state index contributed by atoms with van der Waals surface area (Å²) in [7, 11) is 0. The molecule has 2 rings (SSSR count). The summed E-state index contributed by atoms with van der Waals surface area (Å²) < 4.78 is 0.996. The van der Waals surface area contributed by atoms with Crippen molar-refractivity contribution in [2.75, 3.05) is 13.1 Å². The van der Waals surface area contributed by atoms with Crippen LogP contribution in [0.1, 0.15) is 30.0 Å². The van der Waals surface area contributed by atoms with E-state index in [0.717, 1.165) is 42.4 Å². The molecule has 0 radical (unpaired) electrons. The lowest BCUT2D eigenvalue weighted by atomic mass is 9.88. The summed E-state index contributed by atoms with van der Waals surface area (Å²) >= 11 is 3.45. The first-order valence-electron chi connectivity index (χ1n) is 5.60. The van der Waals surface area contributed by atoms with Gasteiger partial charge in [0.1, 0.15) is 6.29 Å². The highest BCUT2D eigenvalue weighted by Crippen LogP contribution is 2.29. The van der Waals surface area contributed by atoms with Gasteiger partial charge in [-0.3, -0.25) is 4.98 Å². The van der Waals surface area contributed by atoms with Crippen molar-refractivity contribution in [3.05, 3.63) is 28.0 Å². The molecule has 1 aliphatic heterocycles. The molecule has 1 aromatic rings. The second kappa shape index (κ2) is 5.55. The number of hydrogen-bond acceptors (Lipinski definition) is 3. The maximum absolute atomic E-state index is 10.6. The average molecular weight is 283 g/mol. The molecule has 16 heavy (non-hydrogen) atoms. The van der Waals surface area contributed by atoms with Crippen LogP contribution in [-0.4, -0.2) is 24.4 Å². The Morgan fingerprint density at radius 1 is 1.50 bits per heavy atom. The van der Waals surface area contributed by atoms with E-state index in [4.69, 9.17) is 0 Å². The zero-order valence-corrected chi connectivity index (χ0v) is 10.7. The third-order valence-electron chi connectivity index (χ3n) is 3.03. The monoisotopic (exact) mass is 282 g/mol. The molecular formula is C12H15BrN2O. The van der Waals surface area contributed by atoms with E-state index in [0.29, 0.717) is 12.3 Å². The normalized spacial score (nSPS) is 17.3. The molecule has 0 spiro atoms. The van der Waals surface area contributed by atoms with Crippen LogP contribution in [0.5, 0.6) is 0 Å². The first kappa shape index (κ1) is 11.7. The number of pyridine rings is 1. The molecule has 0 unspecified atom stereocenters. The Labute approximate surface area is 104 Å². The Bertz CT molecular complexity index is 375. The van der Waals surface area contributed by atoms with Crippen molar-refractivity contribution in [2.24, 2.45) is 0 Å². The van der Waals surface area contributed by atoms with Crippen LogP contribution in [0, 0.1) is 0 Å². The fraction of sp³-hybridized carbons (Fsp3) is 0.500. The highest BCUT2D eigenvalue weighted by molar-refractivity contribution is 9.10. The summed E-state index contributed by atoms with van der Waals surface area (Å²) in [4.78, 5) is 15.0. The van der Waals surface area contributed by atoms with Crippen molar-refractivity contribution in [3.63, 3.8) is 0 Å². The quantitative estimate of drug-likeness (QED) is 0.863. The Balaban J connectivity index is 2.27. The number of carbonyl (C=O) groups excluding carboxylic acids is 1. The van der Waals surface area contributed by atoms with Gasteiger partial charge in [0.05, 0.1) is 5.69 Å². The van der Waals surface area contributed by atoms with Gasteiger partial charge in [-0.15, -0.1) is 0 Å². The second-order valence-electron chi connectivity index (χ2n) is 4.08. The first-order valence-corrected chi connectivity index (χ1v) is 6.39. The van der Waals surface area contributed by atoms with Gasteiger partial charge in [0.2, 0.25) is 0 Å². The van der Waals surface area contributed by atoms with Crippen LogP contribution in [0.25, 0.3) is 0 Å². The van der Waals surface area contributed by atoms with Gasteiger partial charge >= 0.3 is 0 Å². The maximum atomic E-state index is 10.6. The number of rotatable bonds is 3. The number of aromatic nitrogens is 1. The number of nitrogens with one attached hydrogen (secondary N) is 1. The van der Waals surface area contributed by atoms with Crippen molar-refractivity contribution >= 4 is 22.2 Å². The van der Waals surface area contributed by atoms with E-state index in [1.165, 1.54) is 5.56 Å². The minimum Gasteiger partial charge on any atom is -0.317 e. The zero-order valence-electron chi connectivity index (χ0n) is 9.08. The number of nitrogens with zero attached hydrogens (tertiary/aromatic N) is 1. The van der Waals surface area contributed by atoms with Crippen LogP contribution in [0.3, 0.4) is 0 Å². The number of aldehydes is 1. The lowest BCUT2D eigenvalue weighted by Gasteiger charge is -2.24. The Hall–Kier alpha value is -0.740. The third kappa shape index (κ3) is 2.68. The van der Waals surface area contributed by atoms with Crippen molar-refractivity contribution in [1.29, 1.82) is 0 Å². The molecule has 0 saturated carbocycles. The number of halogens is 1. The molecule has 1 aromatic heterocycles. The van der Waals surface area contributed by atoms with Crippen LogP contribution in [0.15, 0.2) is 16.7 Å². The van der Waals surface area contributed by atoms with Crippen molar-refractivity contribution in [3.8, 4) is 0 Å². The summed E-state index contributed by atoms with van der Waals surface area (Å²) in [6.07, 6.45) is 5.38. The summed E-state index contributed by atoms with van der Waals surface area (Å²) in [5.74, 6) is 0.543. The molecule has 1 fully saturated rings. The predicted molar refractivity (Wildman–Crippen MR) is 66.5 cm³/mol. The summed E-state index contributed by atoms with van der Waals surface area (Å²) in [5, 5.41) is 3.35. The summed E-state index contributed by atoms with van der Waals surface area (Å²) in [6, 6.07) is 2.11. The van der Waals surface area contributed by atoms with E-state index in [1.807, 2.05) is 0 Å². The van der Waals surface area contributed by atoms with Crippen molar-refractivity contribution in [1.82, 2.24) is 10.3 Å². The standard InChI is InChI=1S/C12H15BrN2O/c13-10-7-11(9-1-4-14-5-2-9)12(3-6-16)15-8-10/h6-9,14H,1-5H2. The zero-order chi connectivity index (χ0) is 11.4. The first-order chi connectivity index (χ1) is 7.81. The van der Waals surface area contributed by atoms with Crippen LogP contribution in [-0.2, 0) is 11.2 Å². The van der Waals surface area contributed by atoms with Crippen LogP contribution in [0.2, 0.25) is 0 Å². The summed E-state index contributed by atoms with van der Waals surface area (Å²) in [6.45, 7) is 2.11. The topological polar surface area (TPSA) is 42.0 Å². The van der Waals surface area contributed by atoms with Crippen LogP contribution < -0.4 is 5.32 Å². The van der Waals surface area contributed by atoms with E-state index in [-0.39, 0.29) is 0 Å². The van der Waals surface area contributed by atoms with Gasteiger partial charge in [-0.05, 0) is 59.4 Å². The number of carbonyl (C=O) groups is 1. The molecule has 86 valence electrons. The molecular weight excluding hydrogens is 268 g/mol. The van der Waals surface area contributed by atoms with Gasteiger partial charge in [0, 0.05) is 17.1 Å². The maximum Gasteiger partial charge on any atom is 0.125 e. The largest absolute Gasteiger partial charge is 0.317 e. The molecule has 0 aliphatic carbocycles. The van der Waals surface area contributed by atoms with Gasteiger partial charge in [0.15, 0.2) is 0 Å². The van der Waals surface area contributed by atoms with Crippen LogP contribution in [0.4, 0.5) is 0 Å². The minimum absolute atomic E-state index is 0.423. The Morgan fingerprint density at radius 3 is 2.94 bits per heavy atom. The highest BCUT2D eigenvalue weighted by Gasteiger charge is 2.19. The SMILES string of the molecule is O=CCc1ncc(Br)cc1C1CCNCC1. The number of piperidine rings is 1. The van der Waals surface area contributed by atoms with Gasteiger partial charge in [-0.2, -0.15) is 0 Å². The predicted octanol–water partition coefficient (Wildman–Crippen LogP) is 2.05. The third-order valence-corrected chi connectivity index (χ3v) is 3.46. The molecule has 3 nitrogen and oxygen atoms in total. The van der Waals surface area contributed by atoms with Gasteiger partial charge in [-0.1, -0.05) is 0 Å². The van der Waals surface area contributed by atoms with E-state index in [9.17, 15) is 4.79 Å². The lowest BCUT2D eigenvalue weighted by Crippen LogP contribution is -2.27. The van der Waals surface area contributed by atoms with Crippen molar-refractivity contribution < 1.29 is 4.79 Å². The van der Waals surface area contributed by atoms with E-state index in [1.54, 1.807) is 6.20 Å². The molecule has 1 N–H and O–H groups in total. The van der Waals surface area contributed by atoms with Gasteiger partial charge in [-0.25, -0.2) is 0 Å². The van der Waals surface area contributed by atoms with E-state index < -0.39 is 0 Å². The Kier molecular flexibility index (Phi) is 4.07. The lowest BCUT2D eigenvalue weighted by molar-refractivity contribution is -0.107. The molecule has 2 heterocycles. The van der Waals surface area contributed by atoms with Crippen LogP contribution >= 0.6 is 15.9 Å². The van der Waals surface area contributed by atoms with Gasteiger partial charge < -0.3 is 10.1 Å². The molecule has 1 saturated heterocycles. The molecule has 0 aromatic carbocycles. The molecule has 0 bridgehead atoms. The molecule has 0 atom stereocenters. The smallest absolute Gasteiger partial charge is 0.125 e. The molecule has 0 amide bonds. The summed E-state index contributed by atoms with van der Waals surface area (Å²) in [5.41, 5.74) is 2.17. The fourth-order valence-corrected chi connectivity index (χ4v) is 2.57. The van der Waals surface area contributed by atoms with Crippen molar-refractivity contribution in [2.45, 2.75) is 25.2 Å². The molecule has 1 aliphatic rings. The van der Waals surface area contributed by atoms with E-state index in [2.05, 4.69) is 32.3 Å². The minimum atomic E-state index is 0.423. The van der Waals surface area contributed by atoms with Gasteiger partial charge in [0.25, 0.3) is 0 Å². The highest BCUT2D eigenvalue weighted by atomic mass is 79.9. The average Bonchev–Trinajstić information content (AvgIpc) is 2.33. The molecule has 4 heteroatoms. The Morgan fingerprint density at radius 2 is 2.25 bits per heavy atom.